The highest BCUT2D eigenvalue weighted by Gasteiger charge is 1.86. The minimum Gasteiger partial charge on any atom is -0.402 e. The SMILES string of the molecule is NC1=CC=C=CCC1. The summed E-state index contributed by atoms with van der Waals surface area (Å²) in [6.07, 6.45) is 7.74. The van der Waals surface area contributed by atoms with Crippen LogP contribution in [0.25, 0.3) is 0 Å². The maximum Gasteiger partial charge on any atom is 0.00899 e. The average molecular weight is 107 g/mol. The molecule has 1 heteroatoms. The molecule has 2 N–H and O–H groups in total. The van der Waals surface area contributed by atoms with Crippen molar-refractivity contribution in [2.24, 2.45) is 5.73 Å². The van der Waals surface area contributed by atoms with E-state index < -0.39 is 0 Å². The van der Waals surface area contributed by atoms with Crippen molar-refractivity contribution in [3.63, 3.8) is 0 Å². The van der Waals surface area contributed by atoms with Gasteiger partial charge in [0.1, 0.15) is 0 Å². The Balaban J connectivity index is 2.72. The van der Waals surface area contributed by atoms with Gasteiger partial charge >= 0.3 is 0 Å². The van der Waals surface area contributed by atoms with Crippen LogP contribution in [-0.4, -0.2) is 0 Å². The molecule has 0 atom stereocenters. The highest BCUT2D eigenvalue weighted by Crippen LogP contribution is 2.01. The normalized spacial score (nSPS) is 17.8. The summed E-state index contributed by atoms with van der Waals surface area (Å²) in [5, 5.41) is 0. The summed E-state index contributed by atoms with van der Waals surface area (Å²) in [6.45, 7) is 0. The maximum atomic E-state index is 5.50. The van der Waals surface area contributed by atoms with Gasteiger partial charge < -0.3 is 5.73 Å². The van der Waals surface area contributed by atoms with Crippen LogP contribution in [0.15, 0.2) is 29.7 Å². The van der Waals surface area contributed by atoms with E-state index in [4.69, 9.17) is 5.73 Å². The Morgan fingerprint density at radius 3 is 3.38 bits per heavy atom. The fourth-order valence-corrected chi connectivity index (χ4v) is 0.629. The third-order valence-corrected chi connectivity index (χ3v) is 1.09. The molecular formula is C7H9N. The van der Waals surface area contributed by atoms with Gasteiger partial charge in [-0.05, 0) is 31.1 Å². The number of hydrogen-bond acceptors (Lipinski definition) is 1. The lowest BCUT2D eigenvalue weighted by Crippen LogP contribution is -1.93. The molecule has 0 aromatic carbocycles. The minimum absolute atomic E-state index is 0.950. The summed E-state index contributed by atoms with van der Waals surface area (Å²) in [5.41, 5.74) is 9.43. The molecule has 8 heavy (non-hydrogen) atoms. The van der Waals surface area contributed by atoms with Gasteiger partial charge in [-0.25, -0.2) is 0 Å². The summed E-state index contributed by atoms with van der Waals surface area (Å²) in [5.74, 6) is 0. The van der Waals surface area contributed by atoms with E-state index in [0.717, 1.165) is 18.5 Å². The Bertz CT molecular complexity index is 159. The van der Waals surface area contributed by atoms with Gasteiger partial charge in [-0.1, -0.05) is 0 Å². The van der Waals surface area contributed by atoms with Gasteiger partial charge in [-0.15, -0.1) is 5.73 Å². The first-order valence-electron chi connectivity index (χ1n) is 2.75. The Morgan fingerprint density at radius 1 is 1.62 bits per heavy atom. The van der Waals surface area contributed by atoms with Crippen LogP contribution in [0.1, 0.15) is 12.8 Å². The van der Waals surface area contributed by atoms with Crippen LogP contribution in [0.3, 0.4) is 0 Å². The van der Waals surface area contributed by atoms with Crippen LogP contribution in [0.5, 0.6) is 0 Å². The van der Waals surface area contributed by atoms with Gasteiger partial charge in [0.2, 0.25) is 0 Å². The van der Waals surface area contributed by atoms with Crippen molar-refractivity contribution < 1.29 is 0 Å². The fraction of sp³-hybridized carbons (Fsp3) is 0.286. The van der Waals surface area contributed by atoms with Crippen molar-refractivity contribution >= 4 is 0 Å². The summed E-state index contributed by atoms with van der Waals surface area (Å²) in [7, 11) is 0. The predicted octanol–water partition coefficient (Wildman–Crippen LogP) is 1.33. The molecule has 0 heterocycles. The molecule has 0 saturated heterocycles. The first-order valence-corrected chi connectivity index (χ1v) is 2.75. The molecule has 0 amide bonds. The van der Waals surface area contributed by atoms with Gasteiger partial charge in [0.25, 0.3) is 0 Å². The van der Waals surface area contributed by atoms with E-state index in [0.29, 0.717) is 0 Å². The molecule has 0 saturated carbocycles. The molecule has 0 fully saturated rings. The second-order valence-corrected chi connectivity index (χ2v) is 1.82. The molecule has 1 nitrogen and oxygen atoms in total. The molecule has 0 spiro atoms. The van der Waals surface area contributed by atoms with Crippen LogP contribution >= 0.6 is 0 Å². The summed E-state index contributed by atoms with van der Waals surface area (Å²) >= 11 is 0. The zero-order chi connectivity index (χ0) is 5.82. The van der Waals surface area contributed by atoms with Gasteiger partial charge in [-0.3, -0.25) is 0 Å². The van der Waals surface area contributed by atoms with Crippen molar-refractivity contribution in [1.29, 1.82) is 0 Å². The average Bonchev–Trinajstić information content (AvgIpc) is 1.94. The van der Waals surface area contributed by atoms with E-state index in [9.17, 15) is 0 Å². The molecule has 0 bridgehead atoms. The monoisotopic (exact) mass is 107 g/mol. The quantitative estimate of drug-likeness (QED) is 0.464. The molecule has 0 radical (unpaired) electrons. The molecule has 1 rings (SSSR count). The van der Waals surface area contributed by atoms with E-state index >= 15 is 0 Å². The second kappa shape index (κ2) is 2.39. The van der Waals surface area contributed by atoms with Crippen molar-refractivity contribution in [3.05, 3.63) is 29.7 Å². The lowest BCUT2D eigenvalue weighted by Gasteiger charge is -1.90. The van der Waals surface area contributed by atoms with Crippen LogP contribution in [-0.2, 0) is 0 Å². The lowest BCUT2D eigenvalue weighted by atomic mass is 10.2. The molecule has 1 aliphatic carbocycles. The second-order valence-electron chi connectivity index (χ2n) is 1.82. The third-order valence-electron chi connectivity index (χ3n) is 1.09. The van der Waals surface area contributed by atoms with E-state index in [1.807, 2.05) is 18.2 Å². The van der Waals surface area contributed by atoms with Gasteiger partial charge in [0.05, 0.1) is 0 Å². The highest BCUT2D eigenvalue weighted by atomic mass is 14.6. The van der Waals surface area contributed by atoms with E-state index in [1.165, 1.54) is 0 Å². The zero-order valence-corrected chi connectivity index (χ0v) is 4.72. The number of rotatable bonds is 0. The van der Waals surface area contributed by atoms with Crippen molar-refractivity contribution in [1.82, 2.24) is 0 Å². The van der Waals surface area contributed by atoms with Crippen LogP contribution in [0.2, 0.25) is 0 Å². The highest BCUT2D eigenvalue weighted by molar-refractivity contribution is 5.12. The van der Waals surface area contributed by atoms with Crippen molar-refractivity contribution in [2.45, 2.75) is 12.8 Å². The Labute approximate surface area is 49.2 Å². The molecule has 42 valence electrons. The predicted molar refractivity (Wildman–Crippen MR) is 34.2 cm³/mol. The molecule has 0 aromatic rings. The van der Waals surface area contributed by atoms with Gasteiger partial charge in [0, 0.05) is 5.70 Å². The first-order chi connectivity index (χ1) is 3.89. The molecular weight excluding hydrogens is 98.1 g/mol. The topological polar surface area (TPSA) is 26.0 Å². The number of allylic oxidation sites excluding steroid dienone is 3. The maximum absolute atomic E-state index is 5.50. The Morgan fingerprint density at radius 2 is 2.50 bits per heavy atom. The van der Waals surface area contributed by atoms with Crippen LogP contribution in [0.4, 0.5) is 0 Å². The fourth-order valence-electron chi connectivity index (χ4n) is 0.629. The molecule has 0 unspecified atom stereocenters. The summed E-state index contributed by atoms with van der Waals surface area (Å²) in [4.78, 5) is 0. The number of nitrogens with two attached hydrogens (primary N) is 1. The third kappa shape index (κ3) is 1.28. The smallest absolute Gasteiger partial charge is 0.00899 e. The minimum atomic E-state index is 0.950. The summed E-state index contributed by atoms with van der Waals surface area (Å²) < 4.78 is 0. The summed E-state index contributed by atoms with van der Waals surface area (Å²) in [6, 6.07) is 0. The first kappa shape index (κ1) is 5.20. The van der Waals surface area contributed by atoms with Gasteiger partial charge in [-0.2, -0.15) is 0 Å². The zero-order valence-electron chi connectivity index (χ0n) is 4.72. The molecule has 0 aromatic heterocycles. The molecule has 0 aliphatic heterocycles. The Hall–Kier alpha value is -0.940. The van der Waals surface area contributed by atoms with Crippen LogP contribution in [0, 0.1) is 0 Å². The van der Waals surface area contributed by atoms with E-state index in [2.05, 4.69) is 5.73 Å². The van der Waals surface area contributed by atoms with Crippen molar-refractivity contribution in [3.8, 4) is 0 Å². The van der Waals surface area contributed by atoms with Crippen molar-refractivity contribution in [2.75, 3.05) is 0 Å². The molecule has 1 aliphatic rings. The Kier molecular flexibility index (Phi) is 1.55. The van der Waals surface area contributed by atoms with Crippen LogP contribution < -0.4 is 5.73 Å². The number of hydrogen-bond donors (Lipinski definition) is 1. The largest absolute Gasteiger partial charge is 0.402 e. The van der Waals surface area contributed by atoms with Gasteiger partial charge in [0.15, 0.2) is 0 Å². The van der Waals surface area contributed by atoms with E-state index in [1.54, 1.807) is 0 Å². The van der Waals surface area contributed by atoms with E-state index in [-0.39, 0.29) is 0 Å². The lowest BCUT2D eigenvalue weighted by molar-refractivity contribution is 0.966. The standard InChI is InChI=1S/C7H9N/c8-7-5-3-1-2-4-6-7/h1,4,6H,3,5,8H2.